The molecule has 0 fully saturated rings. The highest BCUT2D eigenvalue weighted by Crippen LogP contribution is 2.17. The van der Waals surface area contributed by atoms with E-state index < -0.39 is 0 Å². The van der Waals surface area contributed by atoms with Crippen molar-refractivity contribution in [2.45, 2.75) is 13.5 Å². The molecule has 7 nitrogen and oxygen atoms in total. The number of H-pyrrole nitrogens is 2. The summed E-state index contributed by atoms with van der Waals surface area (Å²) >= 11 is 0. The molecular weight excluding hydrogens is 270 g/mol. The minimum absolute atomic E-state index is 0.328. The first kappa shape index (κ1) is 13.0. The van der Waals surface area contributed by atoms with Gasteiger partial charge in [-0.05, 0) is 25.1 Å². The molecule has 2 aromatic heterocycles. The van der Waals surface area contributed by atoms with Gasteiger partial charge in [0.05, 0.1) is 23.0 Å². The van der Waals surface area contributed by atoms with E-state index in [2.05, 4.69) is 25.5 Å². The van der Waals surface area contributed by atoms with Gasteiger partial charge in [0, 0.05) is 11.9 Å². The van der Waals surface area contributed by atoms with Crippen molar-refractivity contribution >= 4 is 16.5 Å². The number of hydrogen-bond donors (Lipinski definition) is 3. The van der Waals surface area contributed by atoms with Crippen LogP contribution in [0.25, 0.3) is 10.8 Å². The average molecular weight is 283 g/mol. The summed E-state index contributed by atoms with van der Waals surface area (Å²) in [7, 11) is 0. The third-order valence-electron chi connectivity index (χ3n) is 3.12. The number of nitrogens with zero attached hydrogens (tertiary/aromatic N) is 2. The highest BCUT2D eigenvalue weighted by Gasteiger charge is 2.08. The number of nitrogens with one attached hydrogen (secondary N) is 3. The summed E-state index contributed by atoms with van der Waals surface area (Å²) in [4.78, 5) is 32.0. The molecule has 3 N–H and O–H groups in total. The number of aryl methyl sites for hydroxylation is 1. The second kappa shape index (κ2) is 5.20. The van der Waals surface area contributed by atoms with E-state index in [-0.39, 0.29) is 11.1 Å². The van der Waals surface area contributed by atoms with Gasteiger partial charge in [0.15, 0.2) is 0 Å². The van der Waals surface area contributed by atoms with Gasteiger partial charge in [0.2, 0.25) is 0 Å². The molecule has 0 aliphatic carbocycles. The van der Waals surface area contributed by atoms with Crippen molar-refractivity contribution in [2.24, 2.45) is 0 Å². The van der Waals surface area contributed by atoms with Crippen molar-refractivity contribution in [3.8, 4) is 0 Å². The smallest absolute Gasteiger partial charge is 0.272 e. The van der Waals surface area contributed by atoms with Gasteiger partial charge in [-0.2, -0.15) is 0 Å². The molecular formula is C14H13N5O2. The molecule has 21 heavy (non-hydrogen) atoms. The van der Waals surface area contributed by atoms with Crippen molar-refractivity contribution in [3.05, 3.63) is 62.7 Å². The van der Waals surface area contributed by atoms with E-state index in [0.717, 1.165) is 5.69 Å². The Morgan fingerprint density at radius 2 is 1.95 bits per heavy atom. The zero-order valence-corrected chi connectivity index (χ0v) is 11.3. The fourth-order valence-electron chi connectivity index (χ4n) is 2.17. The van der Waals surface area contributed by atoms with Crippen molar-refractivity contribution in [1.29, 1.82) is 0 Å². The summed E-state index contributed by atoms with van der Waals surface area (Å²) < 4.78 is 0. The maximum Gasteiger partial charge on any atom is 0.272 e. The highest BCUT2D eigenvalue weighted by molar-refractivity contribution is 5.92. The van der Waals surface area contributed by atoms with Crippen LogP contribution in [0.15, 0.2) is 40.1 Å². The molecule has 0 radical (unpaired) electrons. The van der Waals surface area contributed by atoms with E-state index in [1.54, 1.807) is 30.5 Å². The van der Waals surface area contributed by atoms with Crippen LogP contribution in [0.4, 0.5) is 5.69 Å². The first-order valence-corrected chi connectivity index (χ1v) is 6.41. The Morgan fingerprint density at radius 1 is 1.14 bits per heavy atom. The van der Waals surface area contributed by atoms with Crippen molar-refractivity contribution in [2.75, 3.05) is 5.32 Å². The molecule has 0 aliphatic rings. The largest absolute Gasteiger partial charge is 0.379 e. The molecule has 7 heteroatoms. The number of aromatic amines is 2. The van der Waals surface area contributed by atoms with Gasteiger partial charge in [0.25, 0.3) is 11.1 Å². The molecule has 0 amide bonds. The van der Waals surface area contributed by atoms with E-state index in [1.807, 2.05) is 6.92 Å². The number of aromatic nitrogens is 4. The third-order valence-corrected chi connectivity index (χ3v) is 3.12. The number of anilines is 1. The summed E-state index contributed by atoms with van der Waals surface area (Å²) in [5.74, 6) is 0.682. The van der Waals surface area contributed by atoms with Gasteiger partial charge in [0.1, 0.15) is 5.82 Å². The molecule has 106 valence electrons. The Hall–Kier alpha value is -2.96. The normalized spacial score (nSPS) is 10.7. The second-order valence-corrected chi connectivity index (χ2v) is 4.59. The van der Waals surface area contributed by atoms with Crippen LogP contribution in [0, 0.1) is 6.92 Å². The van der Waals surface area contributed by atoms with E-state index in [1.165, 1.54) is 0 Å². The van der Waals surface area contributed by atoms with Gasteiger partial charge >= 0.3 is 0 Å². The SMILES string of the molecule is Cc1nccc(CNc2cccc3c(=O)[nH][nH]c(=O)c23)n1. The lowest BCUT2D eigenvalue weighted by Crippen LogP contribution is -2.20. The van der Waals surface area contributed by atoms with Crippen LogP contribution in [0.3, 0.4) is 0 Å². The first-order chi connectivity index (χ1) is 10.1. The summed E-state index contributed by atoms with van der Waals surface area (Å²) in [6.45, 7) is 2.25. The molecule has 2 heterocycles. The molecule has 0 spiro atoms. The van der Waals surface area contributed by atoms with Crippen LogP contribution in [-0.4, -0.2) is 20.2 Å². The molecule has 1 aromatic carbocycles. The molecule has 0 saturated heterocycles. The molecule has 0 unspecified atom stereocenters. The number of benzene rings is 1. The van der Waals surface area contributed by atoms with Crippen LogP contribution in [0.2, 0.25) is 0 Å². The Kier molecular flexibility index (Phi) is 3.23. The van der Waals surface area contributed by atoms with Crippen LogP contribution in [-0.2, 0) is 6.54 Å². The van der Waals surface area contributed by atoms with Crippen LogP contribution < -0.4 is 16.4 Å². The van der Waals surface area contributed by atoms with Crippen molar-refractivity contribution < 1.29 is 0 Å². The zero-order valence-electron chi connectivity index (χ0n) is 11.3. The van der Waals surface area contributed by atoms with E-state index in [4.69, 9.17) is 0 Å². The lowest BCUT2D eigenvalue weighted by molar-refractivity contribution is 0.953. The van der Waals surface area contributed by atoms with Crippen LogP contribution >= 0.6 is 0 Å². The Bertz CT molecular complexity index is 913. The topological polar surface area (TPSA) is 104 Å². The summed E-state index contributed by atoms with van der Waals surface area (Å²) in [6, 6.07) is 6.89. The molecule has 0 aliphatic heterocycles. The maximum atomic E-state index is 11.9. The molecule has 3 aromatic rings. The van der Waals surface area contributed by atoms with Crippen LogP contribution in [0.1, 0.15) is 11.5 Å². The molecule has 3 rings (SSSR count). The van der Waals surface area contributed by atoms with Gasteiger partial charge in [-0.3, -0.25) is 19.8 Å². The summed E-state index contributed by atoms with van der Waals surface area (Å²) in [5.41, 5.74) is 0.731. The van der Waals surface area contributed by atoms with Crippen molar-refractivity contribution in [3.63, 3.8) is 0 Å². The fraction of sp³-hybridized carbons (Fsp3) is 0.143. The second-order valence-electron chi connectivity index (χ2n) is 4.59. The Balaban J connectivity index is 2.00. The lowest BCUT2D eigenvalue weighted by Gasteiger charge is -2.08. The monoisotopic (exact) mass is 283 g/mol. The first-order valence-electron chi connectivity index (χ1n) is 6.41. The quantitative estimate of drug-likeness (QED) is 0.663. The number of hydrogen-bond acceptors (Lipinski definition) is 5. The van der Waals surface area contributed by atoms with Crippen molar-refractivity contribution in [1.82, 2.24) is 20.2 Å². The summed E-state index contributed by atoms with van der Waals surface area (Å²) in [6.07, 6.45) is 1.68. The van der Waals surface area contributed by atoms with E-state index >= 15 is 0 Å². The minimum Gasteiger partial charge on any atom is -0.379 e. The Labute approximate surface area is 119 Å². The van der Waals surface area contributed by atoms with Gasteiger partial charge in [-0.1, -0.05) is 6.07 Å². The highest BCUT2D eigenvalue weighted by atomic mass is 16.1. The van der Waals surface area contributed by atoms with Crippen LogP contribution in [0.5, 0.6) is 0 Å². The standard InChI is InChI=1S/C14H13N5O2/c1-8-15-6-5-9(17-8)7-16-11-4-2-3-10-12(11)14(21)19-18-13(10)20/h2-6,16H,7H2,1H3,(H,18,20)(H,19,21). The predicted octanol–water partition coefficient (Wildman–Crippen LogP) is 0.927. The Morgan fingerprint density at radius 3 is 2.76 bits per heavy atom. The molecule has 0 bridgehead atoms. The average Bonchev–Trinajstić information content (AvgIpc) is 2.49. The third kappa shape index (κ3) is 2.53. The molecule has 0 atom stereocenters. The van der Waals surface area contributed by atoms with E-state index in [0.29, 0.717) is 28.8 Å². The van der Waals surface area contributed by atoms with Gasteiger partial charge in [-0.25, -0.2) is 9.97 Å². The predicted molar refractivity (Wildman–Crippen MR) is 79.3 cm³/mol. The minimum atomic E-state index is -0.341. The van der Waals surface area contributed by atoms with Gasteiger partial charge in [-0.15, -0.1) is 0 Å². The lowest BCUT2D eigenvalue weighted by atomic mass is 10.1. The van der Waals surface area contributed by atoms with Gasteiger partial charge < -0.3 is 5.32 Å². The summed E-state index contributed by atoms with van der Waals surface area (Å²) in [5, 5.41) is 8.47. The molecule has 0 saturated carbocycles. The number of fused-ring (bicyclic) bond motifs is 1. The zero-order chi connectivity index (χ0) is 14.8. The fourth-order valence-corrected chi connectivity index (χ4v) is 2.17. The maximum absolute atomic E-state index is 11.9. The van der Waals surface area contributed by atoms with E-state index in [9.17, 15) is 9.59 Å². The number of rotatable bonds is 3.